The van der Waals surface area contributed by atoms with E-state index in [9.17, 15) is 13.2 Å². The molecule has 2 nitrogen and oxygen atoms in total. The highest BCUT2D eigenvalue weighted by atomic mass is 79.9. The predicted octanol–water partition coefficient (Wildman–Crippen LogP) is 4.46. The summed E-state index contributed by atoms with van der Waals surface area (Å²) < 4.78 is 41.5. The van der Waals surface area contributed by atoms with E-state index in [4.69, 9.17) is 0 Å². The van der Waals surface area contributed by atoms with Gasteiger partial charge in [0.1, 0.15) is 0 Å². The zero-order valence-corrected chi connectivity index (χ0v) is 14.6. The van der Waals surface area contributed by atoms with Gasteiger partial charge in [0, 0.05) is 30.7 Å². The van der Waals surface area contributed by atoms with Gasteiger partial charge in [-0.1, -0.05) is 46.3 Å². The van der Waals surface area contributed by atoms with Crippen LogP contribution >= 0.6 is 15.9 Å². The van der Waals surface area contributed by atoms with Crippen LogP contribution in [-0.2, 0) is 6.18 Å². The van der Waals surface area contributed by atoms with E-state index in [0.29, 0.717) is 18.7 Å². The van der Waals surface area contributed by atoms with Gasteiger partial charge in [0.05, 0.1) is 11.6 Å². The van der Waals surface area contributed by atoms with Crippen LogP contribution in [0.25, 0.3) is 0 Å². The molecule has 1 aliphatic heterocycles. The molecular formula is C18H18BrF3N2. The molecule has 128 valence electrons. The fourth-order valence-electron chi connectivity index (χ4n) is 3.20. The molecule has 1 fully saturated rings. The average molecular weight is 399 g/mol. The van der Waals surface area contributed by atoms with E-state index < -0.39 is 17.8 Å². The molecular weight excluding hydrogens is 381 g/mol. The third-order valence-corrected chi connectivity index (χ3v) is 4.74. The number of rotatable bonds is 3. The highest BCUT2D eigenvalue weighted by molar-refractivity contribution is 9.10. The minimum absolute atomic E-state index is 0.310. The van der Waals surface area contributed by atoms with Crippen molar-refractivity contribution in [2.45, 2.75) is 12.2 Å². The molecule has 0 aromatic heterocycles. The fourth-order valence-corrected chi connectivity index (χ4v) is 3.61. The third-order valence-electron chi connectivity index (χ3n) is 4.24. The quantitative estimate of drug-likeness (QED) is 0.820. The Hall–Kier alpha value is -1.37. The van der Waals surface area contributed by atoms with Crippen molar-refractivity contribution in [3.63, 3.8) is 0 Å². The number of nitrogens with zero attached hydrogens (tertiary/aromatic N) is 1. The van der Waals surface area contributed by atoms with E-state index in [1.165, 1.54) is 12.1 Å². The van der Waals surface area contributed by atoms with Gasteiger partial charge in [-0.3, -0.25) is 4.90 Å². The van der Waals surface area contributed by atoms with Gasteiger partial charge in [0.25, 0.3) is 0 Å². The Labute approximate surface area is 147 Å². The van der Waals surface area contributed by atoms with E-state index in [1.807, 2.05) is 24.3 Å². The van der Waals surface area contributed by atoms with Crippen molar-refractivity contribution in [3.8, 4) is 0 Å². The van der Waals surface area contributed by atoms with E-state index in [1.54, 1.807) is 12.1 Å². The molecule has 0 amide bonds. The molecule has 1 heterocycles. The van der Waals surface area contributed by atoms with Crippen molar-refractivity contribution in [1.82, 2.24) is 10.2 Å². The second-order valence-electron chi connectivity index (χ2n) is 5.83. The van der Waals surface area contributed by atoms with Crippen LogP contribution in [0.15, 0.2) is 53.0 Å². The Morgan fingerprint density at radius 1 is 1.00 bits per heavy atom. The Morgan fingerprint density at radius 3 is 2.38 bits per heavy atom. The number of halogens is 4. The lowest BCUT2D eigenvalue weighted by molar-refractivity contribution is -0.138. The second-order valence-corrected chi connectivity index (χ2v) is 6.74. The van der Waals surface area contributed by atoms with E-state index >= 15 is 0 Å². The Balaban J connectivity index is 2.12. The number of piperazine rings is 1. The summed E-state index contributed by atoms with van der Waals surface area (Å²) in [7, 11) is 0. The molecule has 6 heteroatoms. The first-order valence-electron chi connectivity index (χ1n) is 7.83. The summed E-state index contributed by atoms with van der Waals surface area (Å²) in [5, 5.41) is 3.26. The summed E-state index contributed by atoms with van der Waals surface area (Å²) >= 11 is 3.43. The third kappa shape index (κ3) is 3.82. The minimum atomic E-state index is -4.37. The number of alkyl halides is 3. The van der Waals surface area contributed by atoms with Crippen LogP contribution in [0.1, 0.15) is 22.7 Å². The molecule has 2 aromatic carbocycles. The van der Waals surface area contributed by atoms with E-state index in [-0.39, 0.29) is 0 Å². The maximum atomic E-state index is 13.5. The molecule has 0 saturated carbocycles. The van der Waals surface area contributed by atoms with Crippen molar-refractivity contribution in [3.05, 3.63) is 69.7 Å². The topological polar surface area (TPSA) is 15.3 Å². The van der Waals surface area contributed by atoms with Gasteiger partial charge >= 0.3 is 6.18 Å². The maximum absolute atomic E-state index is 13.5. The van der Waals surface area contributed by atoms with Gasteiger partial charge in [0.2, 0.25) is 0 Å². The smallest absolute Gasteiger partial charge is 0.314 e. The second kappa shape index (κ2) is 7.25. The molecule has 1 aliphatic rings. The van der Waals surface area contributed by atoms with Crippen LogP contribution < -0.4 is 5.32 Å². The summed E-state index contributed by atoms with van der Waals surface area (Å²) in [5.74, 6) is 0. The number of hydrogen-bond donors (Lipinski definition) is 1. The summed E-state index contributed by atoms with van der Waals surface area (Å²) in [6.07, 6.45) is -4.37. The first-order valence-corrected chi connectivity index (χ1v) is 8.62. The van der Waals surface area contributed by atoms with E-state index in [2.05, 4.69) is 26.1 Å². The van der Waals surface area contributed by atoms with Crippen LogP contribution in [0.3, 0.4) is 0 Å². The first-order chi connectivity index (χ1) is 11.5. The van der Waals surface area contributed by atoms with Crippen molar-refractivity contribution < 1.29 is 13.2 Å². The van der Waals surface area contributed by atoms with Crippen LogP contribution in [-0.4, -0.2) is 31.1 Å². The Kier molecular flexibility index (Phi) is 5.27. The van der Waals surface area contributed by atoms with Gasteiger partial charge in [-0.05, 0) is 29.3 Å². The van der Waals surface area contributed by atoms with E-state index in [0.717, 1.165) is 23.1 Å². The molecule has 0 radical (unpaired) electrons. The van der Waals surface area contributed by atoms with Gasteiger partial charge in [0.15, 0.2) is 0 Å². The Bertz CT molecular complexity index is 697. The summed E-state index contributed by atoms with van der Waals surface area (Å²) in [6.45, 7) is 2.98. The summed E-state index contributed by atoms with van der Waals surface area (Å²) in [6, 6.07) is 13.0. The monoisotopic (exact) mass is 398 g/mol. The molecule has 0 spiro atoms. The van der Waals surface area contributed by atoms with Gasteiger partial charge in [-0.2, -0.15) is 13.2 Å². The van der Waals surface area contributed by atoms with Crippen molar-refractivity contribution in [2.24, 2.45) is 0 Å². The molecule has 1 saturated heterocycles. The largest absolute Gasteiger partial charge is 0.416 e. The maximum Gasteiger partial charge on any atom is 0.416 e. The predicted molar refractivity (Wildman–Crippen MR) is 91.9 cm³/mol. The lowest BCUT2D eigenvalue weighted by atomic mass is 9.92. The molecule has 1 atom stereocenters. The molecule has 24 heavy (non-hydrogen) atoms. The molecule has 1 N–H and O–H groups in total. The van der Waals surface area contributed by atoms with Crippen molar-refractivity contribution in [1.29, 1.82) is 0 Å². The van der Waals surface area contributed by atoms with Crippen LogP contribution in [0.2, 0.25) is 0 Å². The summed E-state index contributed by atoms with van der Waals surface area (Å²) in [5.41, 5.74) is 0.612. The minimum Gasteiger partial charge on any atom is -0.314 e. The number of benzene rings is 2. The van der Waals surface area contributed by atoms with Gasteiger partial charge in [-0.25, -0.2) is 0 Å². The Morgan fingerprint density at radius 2 is 1.71 bits per heavy atom. The van der Waals surface area contributed by atoms with Crippen LogP contribution in [0, 0.1) is 0 Å². The molecule has 2 aromatic rings. The van der Waals surface area contributed by atoms with Crippen LogP contribution in [0.4, 0.5) is 13.2 Å². The van der Waals surface area contributed by atoms with Gasteiger partial charge < -0.3 is 5.32 Å². The SMILES string of the molecule is FC(F)(F)c1ccccc1C(c1cccc(Br)c1)N1CCNCC1. The highest BCUT2D eigenvalue weighted by Crippen LogP contribution is 2.39. The first kappa shape index (κ1) is 17.5. The lowest BCUT2D eigenvalue weighted by Gasteiger charge is -2.36. The zero-order valence-electron chi connectivity index (χ0n) is 13.0. The molecule has 0 bridgehead atoms. The van der Waals surface area contributed by atoms with Crippen molar-refractivity contribution in [2.75, 3.05) is 26.2 Å². The van der Waals surface area contributed by atoms with Gasteiger partial charge in [-0.15, -0.1) is 0 Å². The standard InChI is InChI=1S/C18H18BrF3N2/c19-14-5-3-4-13(12-14)17(24-10-8-23-9-11-24)15-6-1-2-7-16(15)18(20,21)22/h1-7,12,17,23H,8-11H2. The zero-order chi connectivity index (χ0) is 17.2. The number of nitrogens with one attached hydrogen (secondary N) is 1. The van der Waals surface area contributed by atoms with Crippen LogP contribution in [0.5, 0.6) is 0 Å². The molecule has 0 aliphatic carbocycles. The lowest BCUT2D eigenvalue weighted by Crippen LogP contribution is -2.45. The fraction of sp³-hybridized carbons (Fsp3) is 0.333. The highest BCUT2D eigenvalue weighted by Gasteiger charge is 2.37. The molecule has 3 rings (SSSR count). The number of hydrogen-bond acceptors (Lipinski definition) is 2. The van der Waals surface area contributed by atoms with Crippen molar-refractivity contribution >= 4 is 15.9 Å². The summed E-state index contributed by atoms with van der Waals surface area (Å²) in [4.78, 5) is 2.11. The molecule has 1 unspecified atom stereocenters. The normalized spacial score (nSPS) is 17.7. The average Bonchev–Trinajstić information content (AvgIpc) is 2.56.